The van der Waals surface area contributed by atoms with Crippen molar-refractivity contribution in [3.63, 3.8) is 0 Å². The molecule has 0 radical (unpaired) electrons. The zero-order chi connectivity index (χ0) is 16.8. The summed E-state index contributed by atoms with van der Waals surface area (Å²) < 4.78 is 0. The van der Waals surface area contributed by atoms with E-state index in [2.05, 4.69) is 5.32 Å². The van der Waals surface area contributed by atoms with Crippen LogP contribution in [0.5, 0.6) is 0 Å². The standard InChI is InChI=1S/C18H25ClN2O2/c1-13-12-15(19)8-9-17(13)21(14(2)22)11-10-18(23)20-16-6-4-3-5-7-16/h8-9,12,16H,3-7,10-11H2,1-2H3,(H,20,23). The molecule has 0 atom stereocenters. The van der Waals surface area contributed by atoms with Crippen LogP contribution in [0.3, 0.4) is 0 Å². The SMILES string of the molecule is CC(=O)N(CCC(=O)NC1CCCCC1)c1ccc(Cl)cc1C. The van der Waals surface area contributed by atoms with Crippen LogP contribution in [0.15, 0.2) is 18.2 Å². The minimum Gasteiger partial charge on any atom is -0.353 e. The van der Waals surface area contributed by atoms with Crippen molar-refractivity contribution in [3.05, 3.63) is 28.8 Å². The van der Waals surface area contributed by atoms with Crippen LogP contribution in [0.4, 0.5) is 5.69 Å². The molecule has 1 aromatic rings. The summed E-state index contributed by atoms with van der Waals surface area (Å²) in [5.74, 6) is -0.0457. The summed E-state index contributed by atoms with van der Waals surface area (Å²) in [6.45, 7) is 3.82. The van der Waals surface area contributed by atoms with Gasteiger partial charge in [-0.3, -0.25) is 9.59 Å². The number of rotatable bonds is 5. The highest BCUT2D eigenvalue weighted by atomic mass is 35.5. The lowest BCUT2D eigenvalue weighted by atomic mass is 9.95. The molecule has 1 N–H and O–H groups in total. The predicted octanol–water partition coefficient (Wildman–Crippen LogP) is 3.84. The number of nitrogens with zero attached hydrogens (tertiary/aromatic N) is 1. The normalized spacial score (nSPS) is 15.3. The summed E-state index contributed by atoms with van der Waals surface area (Å²) in [6.07, 6.45) is 6.10. The number of amides is 2. The third-order valence-corrected chi connectivity index (χ3v) is 4.60. The molecule has 0 bridgehead atoms. The Morgan fingerprint density at radius 1 is 1.26 bits per heavy atom. The summed E-state index contributed by atoms with van der Waals surface area (Å²) in [4.78, 5) is 25.7. The lowest BCUT2D eigenvalue weighted by Gasteiger charge is -2.25. The molecule has 1 aliphatic rings. The molecule has 5 heteroatoms. The molecule has 1 saturated carbocycles. The first kappa shape index (κ1) is 17.8. The Balaban J connectivity index is 1.94. The summed E-state index contributed by atoms with van der Waals surface area (Å²) in [7, 11) is 0. The number of benzene rings is 1. The van der Waals surface area contributed by atoms with Gasteiger partial charge in [-0.2, -0.15) is 0 Å². The van der Waals surface area contributed by atoms with Gasteiger partial charge in [0.2, 0.25) is 11.8 Å². The lowest BCUT2D eigenvalue weighted by molar-refractivity contribution is -0.121. The Hall–Kier alpha value is -1.55. The second-order valence-electron chi connectivity index (χ2n) is 6.25. The molecule has 0 unspecified atom stereocenters. The van der Waals surface area contributed by atoms with Crippen LogP contribution < -0.4 is 10.2 Å². The van der Waals surface area contributed by atoms with Crippen LogP contribution in [0.2, 0.25) is 5.02 Å². The second kappa shape index (κ2) is 8.34. The third kappa shape index (κ3) is 5.24. The Morgan fingerprint density at radius 3 is 2.57 bits per heavy atom. The van der Waals surface area contributed by atoms with E-state index in [4.69, 9.17) is 11.6 Å². The van der Waals surface area contributed by atoms with Gasteiger partial charge in [-0.15, -0.1) is 0 Å². The maximum absolute atomic E-state index is 12.1. The molecule has 1 aliphatic carbocycles. The maximum atomic E-state index is 12.1. The fraction of sp³-hybridized carbons (Fsp3) is 0.556. The van der Waals surface area contributed by atoms with E-state index < -0.39 is 0 Å². The summed E-state index contributed by atoms with van der Waals surface area (Å²) >= 11 is 5.97. The molecular weight excluding hydrogens is 312 g/mol. The molecule has 1 aromatic carbocycles. The van der Waals surface area contributed by atoms with Crippen molar-refractivity contribution in [2.24, 2.45) is 0 Å². The molecule has 23 heavy (non-hydrogen) atoms. The van der Waals surface area contributed by atoms with Gasteiger partial charge < -0.3 is 10.2 Å². The average molecular weight is 337 g/mol. The molecular formula is C18H25ClN2O2. The Kier molecular flexibility index (Phi) is 6.46. The Morgan fingerprint density at radius 2 is 1.96 bits per heavy atom. The van der Waals surface area contributed by atoms with Crippen LogP contribution in [0.25, 0.3) is 0 Å². The number of halogens is 1. The number of anilines is 1. The van der Waals surface area contributed by atoms with Crippen LogP contribution in [0.1, 0.15) is 51.0 Å². The highest BCUT2D eigenvalue weighted by Gasteiger charge is 2.18. The van der Waals surface area contributed by atoms with E-state index in [-0.39, 0.29) is 11.8 Å². The van der Waals surface area contributed by atoms with Gasteiger partial charge in [0.1, 0.15) is 0 Å². The number of carbonyl (C=O) groups excluding carboxylic acids is 2. The van der Waals surface area contributed by atoms with Crippen molar-refractivity contribution in [2.75, 3.05) is 11.4 Å². The first-order valence-corrected chi connectivity index (χ1v) is 8.69. The number of carbonyl (C=O) groups is 2. The van der Waals surface area contributed by atoms with Gasteiger partial charge in [0.25, 0.3) is 0 Å². The monoisotopic (exact) mass is 336 g/mol. The van der Waals surface area contributed by atoms with E-state index in [0.717, 1.165) is 24.1 Å². The van der Waals surface area contributed by atoms with Gasteiger partial charge in [0.15, 0.2) is 0 Å². The van der Waals surface area contributed by atoms with Crippen molar-refractivity contribution in [3.8, 4) is 0 Å². The van der Waals surface area contributed by atoms with Gasteiger partial charge in [-0.25, -0.2) is 0 Å². The van der Waals surface area contributed by atoms with Crippen LogP contribution in [0, 0.1) is 6.92 Å². The minimum atomic E-state index is -0.0686. The van der Waals surface area contributed by atoms with Crippen molar-refractivity contribution < 1.29 is 9.59 Å². The largest absolute Gasteiger partial charge is 0.353 e. The van der Waals surface area contributed by atoms with E-state index in [1.165, 1.54) is 26.2 Å². The average Bonchev–Trinajstić information content (AvgIpc) is 2.50. The van der Waals surface area contributed by atoms with E-state index >= 15 is 0 Å². The van der Waals surface area contributed by atoms with Crippen molar-refractivity contribution >= 4 is 29.1 Å². The molecule has 0 aromatic heterocycles. The second-order valence-corrected chi connectivity index (χ2v) is 6.69. The van der Waals surface area contributed by atoms with E-state index in [1.54, 1.807) is 11.0 Å². The van der Waals surface area contributed by atoms with Crippen LogP contribution in [-0.2, 0) is 9.59 Å². The molecule has 0 spiro atoms. The number of hydrogen-bond acceptors (Lipinski definition) is 2. The lowest BCUT2D eigenvalue weighted by Crippen LogP contribution is -2.39. The molecule has 2 amide bonds. The smallest absolute Gasteiger partial charge is 0.223 e. The maximum Gasteiger partial charge on any atom is 0.223 e. The van der Waals surface area contributed by atoms with E-state index in [0.29, 0.717) is 24.0 Å². The summed E-state index contributed by atoms with van der Waals surface area (Å²) in [6, 6.07) is 5.73. The number of aryl methyl sites for hydroxylation is 1. The van der Waals surface area contributed by atoms with Crippen molar-refractivity contribution in [1.29, 1.82) is 0 Å². The number of hydrogen-bond donors (Lipinski definition) is 1. The molecule has 0 heterocycles. The van der Waals surface area contributed by atoms with Gasteiger partial charge in [-0.1, -0.05) is 30.9 Å². The van der Waals surface area contributed by atoms with Crippen LogP contribution in [-0.4, -0.2) is 24.4 Å². The highest BCUT2D eigenvalue weighted by molar-refractivity contribution is 6.30. The van der Waals surface area contributed by atoms with Gasteiger partial charge >= 0.3 is 0 Å². The van der Waals surface area contributed by atoms with Gasteiger partial charge in [-0.05, 0) is 43.5 Å². The Labute approximate surface area is 143 Å². The first-order chi connectivity index (χ1) is 11.0. The number of nitrogens with one attached hydrogen (secondary N) is 1. The Bertz CT molecular complexity index is 568. The first-order valence-electron chi connectivity index (χ1n) is 8.31. The minimum absolute atomic E-state index is 0.0229. The predicted molar refractivity (Wildman–Crippen MR) is 93.8 cm³/mol. The third-order valence-electron chi connectivity index (χ3n) is 4.36. The zero-order valence-corrected chi connectivity index (χ0v) is 14.7. The van der Waals surface area contributed by atoms with Crippen molar-refractivity contribution in [2.45, 2.75) is 58.4 Å². The topological polar surface area (TPSA) is 49.4 Å². The molecule has 126 valence electrons. The summed E-state index contributed by atoms with van der Waals surface area (Å²) in [5, 5.41) is 3.73. The van der Waals surface area contributed by atoms with Crippen LogP contribution >= 0.6 is 11.6 Å². The highest BCUT2D eigenvalue weighted by Crippen LogP contribution is 2.24. The van der Waals surface area contributed by atoms with E-state index in [1.807, 2.05) is 19.1 Å². The van der Waals surface area contributed by atoms with Gasteiger partial charge in [0.05, 0.1) is 0 Å². The quantitative estimate of drug-likeness (QED) is 0.888. The van der Waals surface area contributed by atoms with Crippen molar-refractivity contribution in [1.82, 2.24) is 5.32 Å². The van der Waals surface area contributed by atoms with Gasteiger partial charge in [0, 0.05) is 36.6 Å². The fourth-order valence-electron chi connectivity index (χ4n) is 3.13. The zero-order valence-electron chi connectivity index (χ0n) is 13.9. The molecule has 1 fully saturated rings. The molecule has 0 aliphatic heterocycles. The fourth-order valence-corrected chi connectivity index (χ4v) is 3.36. The summed E-state index contributed by atoms with van der Waals surface area (Å²) in [5.41, 5.74) is 1.74. The molecule has 4 nitrogen and oxygen atoms in total. The van der Waals surface area contributed by atoms with E-state index in [9.17, 15) is 9.59 Å². The molecule has 0 saturated heterocycles. The molecule has 2 rings (SSSR count).